The molecule has 1 aliphatic rings. The van der Waals surface area contributed by atoms with Crippen molar-refractivity contribution in [1.29, 1.82) is 0 Å². The number of carbonyl (C=O) groups is 2. The lowest BCUT2D eigenvalue weighted by Crippen LogP contribution is -2.51. The number of ether oxygens (including phenoxy) is 1. The fourth-order valence-electron chi connectivity index (χ4n) is 2.02. The summed E-state index contributed by atoms with van der Waals surface area (Å²) in [6.45, 7) is 7.62. The Kier molecular flexibility index (Phi) is 4.93. The highest BCUT2D eigenvalue weighted by atomic mass is 79.9. The summed E-state index contributed by atoms with van der Waals surface area (Å²) in [6, 6.07) is 1.83. The maximum Gasteiger partial charge on any atom is 0.410 e. The summed E-state index contributed by atoms with van der Waals surface area (Å²) in [4.78, 5) is 27.7. The third-order valence-corrected chi connectivity index (χ3v) is 4.54. The Balaban J connectivity index is 1.88. The van der Waals surface area contributed by atoms with Crippen LogP contribution in [-0.2, 0) is 4.74 Å². The van der Waals surface area contributed by atoms with Crippen LogP contribution in [0.4, 0.5) is 4.79 Å². The molecule has 0 N–H and O–H groups in total. The largest absolute Gasteiger partial charge is 0.444 e. The van der Waals surface area contributed by atoms with Crippen molar-refractivity contribution in [3.05, 3.63) is 20.8 Å². The predicted octanol–water partition coefficient (Wildman–Crippen LogP) is 3.20. The van der Waals surface area contributed by atoms with E-state index in [-0.39, 0.29) is 12.0 Å². The van der Waals surface area contributed by atoms with Crippen LogP contribution >= 0.6 is 27.3 Å². The lowest BCUT2D eigenvalue weighted by molar-refractivity contribution is 0.0141. The molecule has 116 valence electrons. The Morgan fingerprint density at radius 1 is 1.19 bits per heavy atom. The summed E-state index contributed by atoms with van der Waals surface area (Å²) in [5.74, 6) is 0.0146. The second kappa shape index (κ2) is 6.36. The first-order valence-corrected chi connectivity index (χ1v) is 8.45. The van der Waals surface area contributed by atoms with Gasteiger partial charge in [0.1, 0.15) is 5.60 Å². The highest BCUT2D eigenvalue weighted by Crippen LogP contribution is 2.22. The predicted molar refractivity (Wildman–Crippen MR) is 85.7 cm³/mol. The van der Waals surface area contributed by atoms with Gasteiger partial charge in [0, 0.05) is 31.6 Å². The number of hydrogen-bond donors (Lipinski definition) is 0. The zero-order chi connectivity index (χ0) is 15.6. The first-order chi connectivity index (χ1) is 9.76. The number of halogens is 1. The van der Waals surface area contributed by atoms with Gasteiger partial charge in [-0.15, -0.1) is 11.3 Å². The van der Waals surface area contributed by atoms with E-state index in [2.05, 4.69) is 15.9 Å². The van der Waals surface area contributed by atoms with Gasteiger partial charge < -0.3 is 14.5 Å². The van der Waals surface area contributed by atoms with Gasteiger partial charge >= 0.3 is 6.09 Å². The summed E-state index contributed by atoms with van der Waals surface area (Å²) >= 11 is 4.85. The Morgan fingerprint density at radius 3 is 2.24 bits per heavy atom. The van der Waals surface area contributed by atoms with Gasteiger partial charge in [0.15, 0.2) is 0 Å². The van der Waals surface area contributed by atoms with Crippen molar-refractivity contribution in [3.63, 3.8) is 0 Å². The average Bonchev–Trinajstić information content (AvgIpc) is 2.83. The van der Waals surface area contributed by atoms with E-state index in [1.165, 1.54) is 11.3 Å². The van der Waals surface area contributed by atoms with Crippen molar-refractivity contribution < 1.29 is 14.3 Å². The minimum atomic E-state index is -0.493. The van der Waals surface area contributed by atoms with Gasteiger partial charge in [0.05, 0.1) is 9.35 Å². The monoisotopic (exact) mass is 374 g/mol. The molecule has 1 aromatic heterocycles. The van der Waals surface area contributed by atoms with E-state index in [0.717, 1.165) is 3.79 Å². The van der Waals surface area contributed by atoms with E-state index in [9.17, 15) is 9.59 Å². The van der Waals surface area contributed by atoms with Gasteiger partial charge in [-0.3, -0.25) is 4.79 Å². The number of thiophene rings is 1. The van der Waals surface area contributed by atoms with Gasteiger partial charge in [-0.05, 0) is 42.8 Å². The number of carbonyl (C=O) groups excluding carboxylic acids is 2. The molecule has 7 heteroatoms. The maximum absolute atomic E-state index is 12.3. The van der Waals surface area contributed by atoms with Gasteiger partial charge in [0.25, 0.3) is 5.91 Å². The molecule has 0 atom stereocenters. The molecule has 0 radical (unpaired) electrons. The smallest absolute Gasteiger partial charge is 0.410 e. The first-order valence-electron chi connectivity index (χ1n) is 6.77. The highest BCUT2D eigenvalue weighted by Gasteiger charge is 2.28. The highest BCUT2D eigenvalue weighted by molar-refractivity contribution is 9.11. The van der Waals surface area contributed by atoms with Crippen LogP contribution in [0.1, 0.15) is 31.1 Å². The molecule has 0 aliphatic carbocycles. The summed E-state index contributed by atoms with van der Waals surface area (Å²) in [7, 11) is 0. The number of nitrogens with zero attached hydrogens (tertiary/aromatic N) is 2. The van der Waals surface area contributed by atoms with Crippen molar-refractivity contribution >= 4 is 39.3 Å². The molecule has 1 aliphatic heterocycles. The van der Waals surface area contributed by atoms with Gasteiger partial charge in [0.2, 0.25) is 0 Å². The van der Waals surface area contributed by atoms with Crippen LogP contribution in [0.3, 0.4) is 0 Å². The SMILES string of the molecule is CC(C)(C)OC(=O)N1CCN(C(=O)c2csc(Br)c2)CC1. The standard InChI is InChI=1S/C14H19BrN2O3S/c1-14(2,3)20-13(19)17-6-4-16(5-7-17)12(18)10-8-11(15)21-9-10/h8-9H,4-7H2,1-3H3. The van der Waals surface area contributed by atoms with Crippen LogP contribution in [0.15, 0.2) is 15.2 Å². The molecule has 2 rings (SSSR count). The average molecular weight is 375 g/mol. The molecule has 1 aromatic rings. The lowest BCUT2D eigenvalue weighted by atomic mass is 10.2. The Morgan fingerprint density at radius 2 is 1.76 bits per heavy atom. The fourth-order valence-corrected chi connectivity index (χ4v) is 3.15. The molecule has 0 aromatic carbocycles. The molecule has 2 heterocycles. The van der Waals surface area contributed by atoms with Crippen molar-refractivity contribution in [2.24, 2.45) is 0 Å². The summed E-state index contributed by atoms with van der Waals surface area (Å²) in [5.41, 5.74) is 0.199. The van der Waals surface area contributed by atoms with Crippen molar-refractivity contribution in [3.8, 4) is 0 Å². The Labute approximate surface area is 137 Å². The minimum absolute atomic E-state index is 0.0146. The minimum Gasteiger partial charge on any atom is -0.444 e. The molecule has 0 unspecified atom stereocenters. The van der Waals surface area contributed by atoms with Crippen LogP contribution in [0.2, 0.25) is 0 Å². The number of hydrogen-bond acceptors (Lipinski definition) is 4. The molecular weight excluding hydrogens is 356 g/mol. The van der Waals surface area contributed by atoms with E-state index in [1.807, 2.05) is 32.2 Å². The fraction of sp³-hybridized carbons (Fsp3) is 0.571. The van der Waals surface area contributed by atoms with E-state index in [0.29, 0.717) is 31.7 Å². The first kappa shape index (κ1) is 16.3. The molecule has 0 spiro atoms. The number of piperazine rings is 1. The Hall–Kier alpha value is -1.08. The summed E-state index contributed by atoms with van der Waals surface area (Å²) in [6.07, 6.45) is -0.312. The zero-order valence-electron chi connectivity index (χ0n) is 12.4. The van der Waals surface area contributed by atoms with E-state index >= 15 is 0 Å². The van der Waals surface area contributed by atoms with Crippen LogP contribution in [0, 0.1) is 0 Å². The number of rotatable bonds is 1. The van der Waals surface area contributed by atoms with Gasteiger partial charge in [-0.1, -0.05) is 0 Å². The van der Waals surface area contributed by atoms with Crippen LogP contribution in [-0.4, -0.2) is 53.6 Å². The third-order valence-electron chi connectivity index (χ3n) is 3.03. The van der Waals surface area contributed by atoms with Crippen molar-refractivity contribution in [2.75, 3.05) is 26.2 Å². The molecule has 1 saturated heterocycles. The van der Waals surface area contributed by atoms with Crippen molar-refractivity contribution in [1.82, 2.24) is 9.80 Å². The van der Waals surface area contributed by atoms with E-state index < -0.39 is 5.60 Å². The normalized spacial score (nSPS) is 16.0. The molecule has 2 amide bonds. The van der Waals surface area contributed by atoms with Crippen LogP contribution in [0.25, 0.3) is 0 Å². The molecule has 5 nitrogen and oxygen atoms in total. The lowest BCUT2D eigenvalue weighted by Gasteiger charge is -2.35. The molecular formula is C14H19BrN2O3S. The molecule has 0 saturated carbocycles. The second-order valence-electron chi connectivity index (χ2n) is 5.90. The van der Waals surface area contributed by atoms with Gasteiger partial charge in [-0.25, -0.2) is 4.79 Å². The third kappa shape index (κ3) is 4.44. The van der Waals surface area contributed by atoms with Crippen molar-refractivity contribution in [2.45, 2.75) is 26.4 Å². The quantitative estimate of drug-likeness (QED) is 0.758. The maximum atomic E-state index is 12.3. The van der Waals surface area contributed by atoms with E-state index in [4.69, 9.17) is 4.74 Å². The topological polar surface area (TPSA) is 49.9 Å². The molecule has 0 bridgehead atoms. The van der Waals surface area contributed by atoms with Crippen LogP contribution < -0.4 is 0 Å². The molecule has 21 heavy (non-hydrogen) atoms. The molecule has 1 fully saturated rings. The summed E-state index contributed by atoms with van der Waals surface area (Å²) in [5, 5.41) is 1.84. The zero-order valence-corrected chi connectivity index (χ0v) is 14.8. The number of amides is 2. The van der Waals surface area contributed by atoms with Gasteiger partial charge in [-0.2, -0.15) is 0 Å². The van der Waals surface area contributed by atoms with E-state index in [1.54, 1.807) is 9.80 Å². The second-order valence-corrected chi connectivity index (χ2v) is 8.19. The summed E-state index contributed by atoms with van der Waals surface area (Å²) < 4.78 is 6.28. The van der Waals surface area contributed by atoms with Crippen LogP contribution in [0.5, 0.6) is 0 Å². The Bertz CT molecular complexity index is 531.